The molecule has 1 rings (SSSR count). The molecular weight excluding hydrogens is 231 g/mol. The summed E-state index contributed by atoms with van der Waals surface area (Å²) in [6.45, 7) is 5.66. The van der Waals surface area contributed by atoms with Gasteiger partial charge in [0, 0.05) is 12.0 Å². The minimum atomic E-state index is -0.337. The first-order valence-electron chi connectivity index (χ1n) is 6.11. The Morgan fingerprint density at radius 1 is 1.39 bits per heavy atom. The summed E-state index contributed by atoms with van der Waals surface area (Å²) in [5.74, 6) is -0.312. The van der Waals surface area contributed by atoms with Crippen molar-refractivity contribution in [2.75, 3.05) is 0 Å². The molecule has 0 fully saturated rings. The van der Waals surface area contributed by atoms with Gasteiger partial charge in [0.2, 0.25) is 5.91 Å². The third-order valence-corrected chi connectivity index (χ3v) is 2.74. The van der Waals surface area contributed by atoms with Gasteiger partial charge in [-0.2, -0.15) is 0 Å². The average Bonchev–Trinajstić information content (AvgIpc) is 2.26. The number of nitrogens with two attached hydrogens (primary N) is 1. The molecule has 0 radical (unpaired) electrons. The summed E-state index contributed by atoms with van der Waals surface area (Å²) in [6.07, 6.45) is 1.03. The van der Waals surface area contributed by atoms with Crippen LogP contribution in [0, 0.1) is 5.82 Å². The highest BCUT2D eigenvalue weighted by Crippen LogP contribution is 2.14. The first-order chi connectivity index (χ1) is 8.28. The Bertz CT molecular complexity index is 395. The predicted octanol–water partition coefficient (Wildman–Crippen LogP) is 2.52. The van der Waals surface area contributed by atoms with Crippen LogP contribution in [0.25, 0.3) is 0 Å². The first kappa shape index (κ1) is 14.6. The summed E-state index contributed by atoms with van der Waals surface area (Å²) in [5, 5.41) is 2.87. The summed E-state index contributed by atoms with van der Waals surface area (Å²) >= 11 is 0. The summed E-state index contributed by atoms with van der Waals surface area (Å²) in [4.78, 5) is 11.7. The molecule has 1 atom stereocenters. The van der Waals surface area contributed by atoms with E-state index in [0.717, 1.165) is 5.56 Å². The van der Waals surface area contributed by atoms with Crippen molar-refractivity contribution in [2.24, 2.45) is 5.73 Å². The highest BCUT2D eigenvalue weighted by atomic mass is 19.1. The van der Waals surface area contributed by atoms with E-state index < -0.39 is 0 Å². The van der Waals surface area contributed by atoms with Crippen LogP contribution in [-0.4, -0.2) is 11.4 Å². The van der Waals surface area contributed by atoms with Gasteiger partial charge in [0.15, 0.2) is 0 Å². The zero-order valence-electron chi connectivity index (χ0n) is 11.2. The third-order valence-electron chi connectivity index (χ3n) is 2.74. The maximum Gasteiger partial charge on any atom is 0.220 e. The SMILES string of the molecule is C[C@H](NC(=O)CCC(C)(C)N)c1ccc(F)cc1. The van der Waals surface area contributed by atoms with Crippen molar-refractivity contribution in [2.45, 2.75) is 45.2 Å². The van der Waals surface area contributed by atoms with E-state index in [9.17, 15) is 9.18 Å². The molecular formula is C14H21FN2O. The quantitative estimate of drug-likeness (QED) is 0.846. The number of benzene rings is 1. The smallest absolute Gasteiger partial charge is 0.220 e. The zero-order valence-corrected chi connectivity index (χ0v) is 11.2. The molecule has 1 amide bonds. The fourth-order valence-electron chi connectivity index (χ4n) is 1.58. The lowest BCUT2D eigenvalue weighted by atomic mass is 9.99. The number of hydrogen-bond donors (Lipinski definition) is 2. The monoisotopic (exact) mass is 252 g/mol. The Hall–Kier alpha value is -1.42. The topological polar surface area (TPSA) is 55.1 Å². The van der Waals surface area contributed by atoms with E-state index in [-0.39, 0.29) is 23.3 Å². The number of rotatable bonds is 5. The first-order valence-corrected chi connectivity index (χ1v) is 6.11. The molecule has 1 aromatic rings. The summed E-state index contributed by atoms with van der Waals surface area (Å²) in [6, 6.07) is 6.00. The van der Waals surface area contributed by atoms with Gasteiger partial charge in [0.1, 0.15) is 5.82 Å². The highest BCUT2D eigenvalue weighted by molar-refractivity contribution is 5.76. The predicted molar refractivity (Wildman–Crippen MR) is 70.5 cm³/mol. The van der Waals surface area contributed by atoms with Gasteiger partial charge in [0.25, 0.3) is 0 Å². The molecule has 0 aliphatic heterocycles. The minimum absolute atomic E-state index is 0.0367. The Kier molecular flexibility index (Phi) is 4.84. The summed E-state index contributed by atoms with van der Waals surface area (Å²) in [5.41, 5.74) is 6.37. The van der Waals surface area contributed by atoms with Gasteiger partial charge in [-0.1, -0.05) is 12.1 Å². The van der Waals surface area contributed by atoms with Gasteiger partial charge < -0.3 is 11.1 Å². The standard InChI is InChI=1S/C14H21FN2O/c1-10(11-4-6-12(15)7-5-11)17-13(18)8-9-14(2,3)16/h4-7,10H,8-9,16H2,1-3H3,(H,17,18)/t10-/m0/s1. The van der Waals surface area contributed by atoms with Crippen molar-refractivity contribution in [1.82, 2.24) is 5.32 Å². The van der Waals surface area contributed by atoms with Gasteiger partial charge in [-0.25, -0.2) is 4.39 Å². The number of carbonyl (C=O) groups excluding carboxylic acids is 1. The Morgan fingerprint density at radius 3 is 2.44 bits per heavy atom. The van der Waals surface area contributed by atoms with E-state index in [1.807, 2.05) is 20.8 Å². The van der Waals surface area contributed by atoms with E-state index in [0.29, 0.717) is 12.8 Å². The largest absolute Gasteiger partial charge is 0.350 e. The lowest BCUT2D eigenvalue weighted by Gasteiger charge is -2.19. The van der Waals surface area contributed by atoms with Gasteiger partial charge in [-0.15, -0.1) is 0 Å². The Morgan fingerprint density at radius 2 is 1.94 bits per heavy atom. The molecule has 0 bridgehead atoms. The van der Waals surface area contributed by atoms with Gasteiger partial charge in [-0.3, -0.25) is 4.79 Å². The molecule has 18 heavy (non-hydrogen) atoms. The summed E-state index contributed by atoms with van der Waals surface area (Å²) < 4.78 is 12.8. The van der Waals surface area contributed by atoms with Crippen LogP contribution in [0.15, 0.2) is 24.3 Å². The van der Waals surface area contributed by atoms with E-state index in [4.69, 9.17) is 5.73 Å². The van der Waals surface area contributed by atoms with Crippen LogP contribution in [-0.2, 0) is 4.79 Å². The molecule has 3 N–H and O–H groups in total. The number of halogens is 1. The van der Waals surface area contributed by atoms with Crippen LogP contribution in [0.2, 0.25) is 0 Å². The number of carbonyl (C=O) groups is 1. The van der Waals surface area contributed by atoms with Gasteiger partial charge in [-0.05, 0) is 44.9 Å². The number of amides is 1. The molecule has 0 aromatic heterocycles. The van der Waals surface area contributed by atoms with Crippen molar-refractivity contribution in [3.63, 3.8) is 0 Å². The molecule has 100 valence electrons. The molecule has 0 aliphatic carbocycles. The van der Waals surface area contributed by atoms with E-state index in [2.05, 4.69) is 5.32 Å². The molecule has 3 nitrogen and oxygen atoms in total. The lowest BCUT2D eigenvalue weighted by molar-refractivity contribution is -0.122. The molecule has 0 saturated heterocycles. The van der Waals surface area contributed by atoms with Gasteiger partial charge >= 0.3 is 0 Å². The number of nitrogens with one attached hydrogen (secondary N) is 1. The van der Waals surface area contributed by atoms with Crippen molar-refractivity contribution < 1.29 is 9.18 Å². The number of hydrogen-bond acceptors (Lipinski definition) is 2. The normalized spacial score (nSPS) is 13.2. The molecule has 1 aromatic carbocycles. The maximum absolute atomic E-state index is 12.8. The fraction of sp³-hybridized carbons (Fsp3) is 0.500. The second-order valence-corrected chi connectivity index (χ2v) is 5.33. The Balaban J connectivity index is 2.47. The molecule has 0 saturated carbocycles. The molecule has 0 heterocycles. The fourth-order valence-corrected chi connectivity index (χ4v) is 1.58. The molecule has 4 heteroatoms. The molecule has 0 unspecified atom stereocenters. The van der Waals surface area contributed by atoms with Crippen molar-refractivity contribution in [3.8, 4) is 0 Å². The van der Waals surface area contributed by atoms with E-state index in [1.165, 1.54) is 12.1 Å². The van der Waals surface area contributed by atoms with Crippen molar-refractivity contribution >= 4 is 5.91 Å². The van der Waals surface area contributed by atoms with Crippen LogP contribution in [0.3, 0.4) is 0 Å². The van der Waals surface area contributed by atoms with Crippen LogP contribution in [0.5, 0.6) is 0 Å². The van der Waals surface area contributed by atoms with Gasteiger partial charge in [0.05, 0.1) is 6.04 Å². The molecule has 0 spiro atoms. The second-order valence-electron chi connectivity index (χ2n) is 5.33. The minimum Gasteiger partial charge on any atom is -0.350 e. The lowest BCUT2D eigenvalue weighted by Crippen LogP contribution is -2.35. The summed E-state index contributed by atoms with van der Waals surface area (Å²) in [7, 11) is 0. The van der Waals surface area contributed by atoms with E-state index >= 15 is 0 Å². The van der Waals surface area contributed by atoms with Crippen LogP contribution in [0.1, 0.15) is 45.2 Å². The zero-order chi connectivity index (χ0) is 13.8. The average molecular weight is 252 g/mol. The molecule has 0 aliphatic rings. The van der Waals surface area contributed by atoms with Crippen LogP contribution < -0.4 is 11.1 Å². The van der Waals surface area contributed by atoms with E-state index in [1.54, 1.807) is 12.1 Å². The van der Waals surface area contributed by atoms with Crippen molar-refractivity contribution in [3.05, 3.63) is 35.6 Å². The third kappa shape index (κ3) is 5.27. The maximum atomic E-state index is 12.8. The van der Waals surface area contributed by atoms with Crippen LogP contribution >= 0.6 is 0 Å². The second kappa shape index (κ2) is 5.96. The van der Waals surface area contributed by atoms with Crippen LogP contribution in [0.4, 0.5) is 4.39 Å². The highest BCUT2D eigenvalue weighted by Gasteiger charge is 2.15. The van der Waals surface area contributed by atoms with Crippen molar-refractivity contribution in [1.29, 1.82) is 0 Å². The Labute approximate surface area is 108 Å².